The Labute approximate surface area is 146 Å². The van der Waals surface area contributed by atoms with Crippen molar-refractivity contribution in [3.8, 4) is 11.3 Å². The van der Waals surface area contributed by atoms with E-state index in [4.69, 9.17) is 0 Å². The summed E-state index contributed by atoms with van der Waals surface area (Å²) in [6.45, 7) is 0. The molecule has 0 bridgehead atoms. The highest BCUT2D eigenvalue weighted by atomic mass is 127. The molecule has 0 unspecified atom stereocenters. The van der Waals surface area contributed by atoms with Gasteiger partial charge in [-0.2, -0.15) is 4.98 Å². The first-order valence-corrected chi connectivity index (χ1v) is 7.93. The second-order valence-corrected chi connectivity index (χ2v) is 5.95. The molecule has 23 heavy (non-hydrogen) atoms. The van der Waals surface area contributed by atoms with Gasteiger partial charge in [0.1, 0.15) is 11.6 Å². The molecular formula is C16H13FIN5. The summed E-state index contributed by atoms with van der Waals surface area (Å²) in [6.07, 6.45) is 3.42. The smallest absolute Gasteiger partial charge is 0.224 e. The lowest BCUT2D eigenvalue weighted by Crippen LogP contribution is -2.03. The van der Waals surface area contributed by atoms with E-state index in [-0.39, 0.29) is 5.82 Å². The molecule has 2 heterocycles. The average molecular weight is 421 g/mol. The zero-order chi connectivity index (χ0) is 16.2. The Hall–Kier alpha value is -2.29. The predicted molar refractivity (Wildman–Crippen MR) is 97.2 cm³/mol. The van der Waals surface area contributed by atoms with Crippen LogP contribution in [0.3, 0.4) is 0 Å². The van der Waals surface area contributed by atoms with E-state index in [1.165, 1.54) is 6.07 Å². The summed E-state index contributed by atoms with van der Waals surface area (Å²) in [5.74, 6) is 0.618. The van der Waals surface area contributed by atoms with Crippen LogP contribution in [0.15, 0.2) is 48.8 Å². The number of anilines is 3. The van der Waals surface area contributed by atoms with Crippen molar-refractivity contribution >= 4 is 40.0 Å². The van der Waals surface area contributed by atoms with Crippen molar-refractivity contribution < 1.29 is 4.39 Å². The molecule has 0 spiro atoms. The lowest BCUT2D eigenvalue weighted by molar-refractivity contribution is 0.631. The molecule has 1 aromatic carbocycles. The molecule has 0 fully saturated rings. The second-order valence-electron chi connectivity index (χ2n) is 4.70. The molecule has 0 saturated carbocycles. The largest absolute Gasteiger partial charge is 0.357 e. The minimum Gasteiger partial charge on any atom is -0.357 e. The third-order valence-electron chi connectivity index (χ3n) is 3.10. The normalized spacial score (nSPS) is 10.4. The zero-order valence-electron chi connectivity index (χ0n) is 12.2. The van der Waals surface area contributed by atoms with Crippen LogP contribution in [-0.2, 0) is 0 Å². The van der Waals surface area contributed by atoms with Crippen molar-refractivity contribution in [2.45, 2.75) is 0 Å². The highest BCUT2D eigenvalue weighted by molar-refractivity contribution is 14.1. The van der Waals surface area contributed by atoms with E-state index in [9.17, 15) is 4.39 Å². The fourth-order valence-electron chi connectivity index (χ4n) is 2.01. The van der Waals surface area contributed by atoms with E-state index in [0.717, 1.165) is 9.13 Å². The highest BCUT2D eigenvalue weighted by Gasteiger charge is 2.09. The number of nitrogens with zero attached hydrogens (tertiary/aromatic N) is 3. The average Bonchev–Trinajstić information content (AvgIpc) is 2.58. The summed E-state index contributed by atoms with van der Waals surface area (Å²) in [7, 11) is 1.73. The van der Waals surface area contributed by atoms with E-state index in [1.54, 1.807) is 31.6 Å². The van der Waals surface area contributed by atoms with Gasteiger partial charge in [-0.05, 0) is 52.9 Å². The van der Waals surface area contributed by atoms with Crippen molar-refractivity contribution in [2.24, 2.45) is 0 Å². The van der Waals surface area contributed by atoms with Crippen molar-refractivity contribution in [3.63, 3.8) is 0 Å². The lowest BCUT2D eigenvalue weighted by atomic mass is 10.2. The molecule has 3 rings (SSSR count). The van der Waals surface area contributed by atoms with E-state index in [2.05, 4.69) is 48.2 Å². The van der Waals surface area contributed by atoms with E-state index >= 15 is 0 Å². The number of benzene rings is 1. The molecule has 0 radical (unpaired) electrons. The van der Waals surface area contributed by atoms with E-state index < -0.39 is 0 Å². The fraction of sp³-hybridized carbons (Fsp3) is 0.0625. The van der Waals surface area contributed by atoms with Gasteiger partial charge in [0.15, 0.2) is 0 Å². The molecular weight excluding hydrogens is 408 g/mol. The first kappa shape index (κ1) is 15.6. The van der Waals surface area contributed by atoms with Gasteiger partial charge in [-0.25, -0.2) is 9.37 Å². The minimum atomic E-state index is -0.329. The molecule has 7 heteroatoms. The van der Waals surface area contributed by atoms with Gasteiger partial charge in [0.2, 0.25) is 5.95 Å². The monoisotopic (exact) mass is 421 g/mol. The summed E-state index contributed by atoms with van der Waals surface area (Å²) in [5.41, 5.74) is 1.92. The zero-order valence-corrected chi connectivity index (χ0v) is 14.4. The van der Waals surface area contributed by atoms with Gasteiger partial charge in [-0.1, -0.05) is 0 Å². The topological polar surface area (TPSA) is 62.7 Å². The predicted octanol–water partition coefficient (Wildman–Crippen LogP) is 4.07. The first-order chi connectivity index (χ1) is 11.2. The van der Waals surface area contributed by atoms with Crippen LogP contribution in [0.25, 0.3) is 11.3 Å². The Balaban J connectivity index is 1.99. The Kier molecular flexibility index (Phi) is 4.65. The van der Waals surface area contributed by atoms with Gasteiger partial charge in [0, 0.05) is 34.6 Å². The molecule has 0 amide bonds. The van der Waals surface area contributed by atoms with Gasteiger partial charge >= 0.3 is 0 Å². The summed E-state index contributed by atoms with van der Waals surface area (Å²) in [4.78, 5) is 12.8. The maximum absolute atomic E-state index is 14.0. The van der Waals surface area contributed by atoms with Crippen LogP contribution in [0.2, 0.25) is 0 Å². The van der Waals surface area contributed by atoms with Crippen LogP contribution in [0, 0.1) is 9.39 Å². The molecule has 0 aliphatic rings. The fourth-order valence-corrected chi connectivity index (χ4v) is 2.47. The number of aromatic nitrogens is 3. The molecule has 0 aliphatic carbocycles. The first-order valence-electron chi connectivity index (χ1n) is 6.85. The Morgan fingerprint density at radius 3 is 2.70 bits per heavy atom. The van der Waals surface area contributed by atoms with Crippen molar-refractivity contribution in [1.82, 2.24) is 15.0 Å². The third-order valence-corrected chi connectivity index (χ3v) is 3.77. The summed E-state index contributed by atoms with van der Waals surface area (Å²) >= 11 is 2.07. The van der Waals surface area contributed by atoms with Crippen LogP contribution in [0.4, 0.5) is 21.8 Å². The maximum atomic E-state index is 14.0. The van der Waals surface area contributed by atoms with Crippen molar-refractivity contribution in [2.75, 3.05) is 17.7 Å². The van der Waals surface area contributed by atoms with Gasteiger partial charge in [-0.3, -0.25) is 4.98 Å². The molecule has 0 atom stereocenters. The van der Waals surface area contributed by atoms with Crippen LogP contribution in [0.1, 0.15) is 0 Å². The number of rotatable bonds is 4. The molecule has 2 N–H and O–H groups in total. The van der Waals surface area contributed by atoms with Crippen molar-refractivity contribution in [1.29, 1.82) is 0 Å². The number of hydrogen-bond donors (Lipinski definition) is 2. The number of pyridine rings is 1. The molecule has 116 valence electrons. The Morgan fingerprint density at radius 1 is 1.13 bits per heavy atom. The highest BCUT2D eigenvalue weighted by Crippen LogP contribution is 2.25. The van der Waals surface area contributed by atoms with Gasteiger partial charge in [-0.15, -0.1) is 0 Å². The van der Waals surface area contributed by atoms with Gasteiger partial charge < -0.3 is 10.6 Å². The van der Waals surface area contributed by atoms with Crippen molar-refractivity contribution in [3.05, 3.63) is 58.2 Å². The quantitative estimate of drug-likeness (QED) is 0.623. The molecule has 0 saturated heterocycles. The van der Waals surface area contributed by atoms with Crippen LogP contribution in [-0.4, -0.2) is 22.0 Å². The Morgan fingerprint density at radius 2 is 2.00 bits per heavy atom. The molecule has 5 nitrogen and oxygen atoms in total. The molecule has 0 aliphatic heterocycles. The van der Waals surface area contributed by atoms with Gasteiger partial charge in [0.25, 0.3) is 0 Å². The maximum Gasteiger partial charge on any atom is 0.224 e. The van der Waals surface area contributed by atoms with E-state index in [0.29, 0.717) is 23.1 Å². The van der Waals surface area contributed by atoms with Gasteiger partial charge in [0.05, 0.1) is 11.4 Å². The minimum absolute atomic E-state index is 0.329. The van der Waals surface area contributed by atoms with Crippen LogP contribution < -0.4 is 10.6 Å². The Bertz CT molecular complexity index is 826. The van der Waals surface area contributed by atoms with E-state index in [1.807, 2.05) is 18.2 Å². The standard InChI is InChI=1S/C16H13FIN5/c1-19-16-22-14(10-3-2-6-20-9-10)8-15(23-16)21-13-5-4-11(18)7-12(13)17/h2-9H,1H3,(H2,19,21,22,23). The number of hydrogen-bond acceptors (Lipinski definition) is 5. The number of halogens is 2. The molecule has 2 aromatic heterocycles. The SMILES string of the molecule is CNc1nc(Nc2ccc(I)cc2F)cc(-c2cccnc2)n1. The van der Waals surface area contributed by atoms with Crippen LogP contribution in [0.5, 0.6) is 0 Å². The molecule has 3 aromatic rings. The van der Waals surface area contributed by atoms with Crippen LogP contribution >= 0.6 is 22.6 Å². The second kappa shape index (κ2) is 6.86. The summed E-state index contributed by atoms with van der Waals surface area (Å²) < 4.78 is 14.8. The third kappa shape index (κ3) is 3.73. The summed E-state index contributed by atoms with van der Waals surface area (Å²) in [5, 5.41) is 5.90. The number of nitrogens with one attached hydrogen (secondary N) is 2. The summed E-state index contributed by atoms with van der Waals surface area (Å²) in [6, 6.07) is 10.5. The lowest BCUT2D eigenvalue weighted by Gasteiger charge is -2.10.